The van der Waals surface area contributed by atoms with Gasteiger partial charge in [-0.2, -0.15) is 0 Å². The van der Waals surface area contributed by atoms with Crippen LogP contribution in [0.5, 0.6) is 11.6 Å². The Labute approximate surface area is 224 Å². The highest BCUT2D eigenvalue weighted by Gasteiger charge is 2.13. The number of thiophene rings is 1. The van der Waals surface area contributed by atoms with Crippen molar-refractivity contribution in [3.63, 3.8) is 0 Å². The van der Waals surface area contributed by atoms with E-state index >= 15 is 0 Å². The fraction of sp³-hybridized carbons (Fsp3) is 0.0667. The topological polar surface area (TPSA) is 84.9 Å². The molecule has 0 saturated carbocycles. The number of nitrogens with zero attached hydrogens (tertiary/aromatic N) is 4. The van der Waals surface area contributed by atoms with E-state index in [1.165, 1.54) is 5.56 Å². The molecule has 0 aliphatic rings. The van der Waals surface area contributed by atoms with Gasteiger partial charge in [0.25, 0.3) is 0 Å². The third-order valence-corrected chi connectivity index (χ3v) is 7.14. The number of hydrogen-bond acceptors (Lipinski definition) is 8. The molecular formula is C30H24N6OS. The summed E-state index contributed by atoms with van der Waals surface area (Å²) in [6.45, 7) is 2.09. The van der Waals surface area contributed by atoms with Gasteiger partial charge in [0.05, 0.1) is 4.88 Å². The Kier molecular flexibility index (Phi) is 6.37. The number of pyridine rings is 2. The molecule has 0 atom stereocenters. The second-order valence-electron chi connectivity index (χ2n) is 8.72. The molecule has 0 aliphatic heterocycles. The van der Waals surface area contributed by atoms with Gasteiger partial charge < -0.3 is 15.4 Å². The fourth-order valence-corrected chi connectivity index (χ4v) is 5.11. The third-order valence-electron chi connectivity index (χ3n) is 6.08. The van der Waals surface area contributed by atoms with Crippen molar-refractivity contribution in [3.05, 3.63) is 102 Å². The lowest BCUT2D eigenvalue weighted by atomic mass is 10.1. The van der Waals surface area contributed by atoms with Crippen molar-refractivity contribution >= 4 is 39.4 Å². The van der Waals surface area contributed by atoms with Crippen molar-refractivity contribution in [2.45, 2.75) is 6.92 Å². The van der Waals surface area contributed by atoms with Crippen LogP contribution in [0.25, 0.3) is 32.5 Å². The van der Waals surface area contributed by atoms with Crippen LogP contribution in [0.15, 0.2) is 96.6 Å². The van der Waals surface area contributed by atoms with Gasteiger partial charge in [-0.05, 0) is 78.0 Å². The molecule has 0 bridgehead atoms. The van der Waals surface area contributed by atoms with Crippen molar-refractivity contribution in [3.8, 4) is 33.3 Å². The average Bonchev–Trinajstić information content (AvgIpc) is 3.40. The first kappa shape index (κ1) is 23.6. The molecular weight excluding hydrogens is 492 g/mol. The Balaban J connectivity index is 1.25. The van der Waals surface area contributed by atoms with Gasteiger partial charge >= 0.3 is 0 Å². The number of benzene rings is 2. The number of ether oxygens (including phenoxy) is 1. The Morgan fingerprint density at radius 3 is 2.45 bits per heavy atom. The first-order valence-corrected chi connectivity index (χ1v) is 13.0. The highest BCUT2D eigenvalue weighted by atomic mass is 32.1. The maximum absolute atomic E-state index is 6.17. The second kappa shape index (κ2) is 10.3. The summed E-state index contributed by atoms with van der Waals surface area (Å²) in [5.41, 5.74) is 4.86. The van der Waals surface area contributed by atoms with Gasteiger partial charge in [-0.1, -0.05) is 24.3 Å². The van der Waals surface area contributed by atoms with E-state index in [1.54, 1.807) is 23.7 Å². The number of hydrogen-bond donors (Lipinski definition) is 2. The highest BCUT2D eigenvalue weighted by molar-refractivity contribution is 7.13. The molecule has 0 amide bonds. The molecule has 6 aromatic rings. The maximum Gasteiger partial charge on any atom is 0.227 e. The molecule has 0 saturated heterocycles. The monoisotopic (exact) mass is 516 g/mol. The molecule has 2 N–H and O–H groups in total. The van der Waals surface area contributed by atoms with Gasteiger partial charge in [0.2, 0.25) is 5.88 Å². The van der Waals surface area contributed by atoms with E-state index in [9.17, 15) is 0 Å². The Bertz CT molecular complexity index is 1730. The Morgan fingerprint density at radius 1 is 0.816 bits per heavy atom. The summed E-state index contributed by atoms with van der Waals surface area (Å²) < 4.78 is 6.17. The van der Waals surface area contributed by atoms with Gasteiger partial charge in [-0.25, -0.2) is 9.97 Å². The van der Waals surface area contributed by atoms with Crippen molar-refractivity contribution in [1.82, 2.24) is 20.2 Å². The molecule has 4 heterocycles. The number of rotatable bonds is 7. The van der Waals surface area contributed by atoms with Gasteiger partial charge in [0, 0.05) is 41.5 Å². The largest absolute Gasteiger partial charge is 0.438 e. The minimum atomic E-state index is 0.526. The van der Waals surface area contributed by atoms with E-state index < -0.39 is 0 Å². The van der Waals surface area contributed by atoms with Crippen LogP contribution in [0.2, 0.25) is 0 Å². The summed E-state index contributed by atoms with van der Waals surface area (Å²) in [7, 11) is 1.84. The predicted molar refractivity (Wildman–Crippen MR) is 154 cm³/mol. The summed E-state index contributed by atoms with van der Waals surface area (Å²) in [6, 6.07) is 25.8. The number of nitrogens with one attached hydrogen (secondary N) is 2. The van der Waals surface area contributed by atoms with Gasteiger partial charge in [-0.3, -0.25) is 0 Å². The van der Waals surface area contributed by atoms with Crippen LogP contribution in [0, 0.1) is 6.92 Å². The smallest absolute Gasteiger partial charge is 0.227 e. The van der Waals surface area contributed by atoms with Crippen molar-refractivity contribution in [2.75, 3.05) is 17.7 Å². The van der Waals surface area contributed by atoms with E-state index in [4.69, 9.17) is 4.74 Å². The zero-order chi connectivity index (χ0) is 25.9. The quantitative estimate of drug-likeness (QED) is 0.225. The molecule has 4 aromatic heterocycles. The molecule has 38 heavy (non-hydrogen) atoms. The summed E-state index contributed by atoms with van der Waals surface area (Å²) in [5.74, 6) is 2.69. The zero-order valence-electron chi connectivity index (χ0n) is 20.8. The molecule has 0 radical (unpaired) electrons. The van der Waals surface area contributed by atoms with E-state index in [2.05, 4.69) is 61.3 Å². The van der Waals surface area contributed by atoms with Crippen LogP contribution in [-0.4, -0.2) is 27.2 Å². The van der Waals surface area contributed by atoms with Crippen LogP contribution >= 0.6 is 11.3 Å². The van der Waals surface area contributed by atoms with Crippen molar-refractivity contribution < 1.29 is 4.74 Å². The number of anilines is 3. The first-order chi connectivity index (χ1) is 18.7. The predicted octanol–water partition coefficient (Wildman–Crippen LogP) is 7.70. The standard InChI is InChI=1S/C30H24N6OS/c1-19-16-26(38-18-19)28-24-6-3-4-7-25(24)29(36-35-28)34-21-9-11-22(12-10-21)37-30-23(8-5-14-33-30)20-13-15-32-27(17-20)31-2/h3-18H,1-2H3,(H,31,32)(H,34,36). The molecule has 0 fully saturated rings. The number of aromatic nitrogens is 4. The van der Waals surface area contributed by atoms with Crippen LogP contribution in [-0.2, 0) is 0 Å². The van der Waals surface area contributed by atoms with Crippen molar-refractivity contribution in [1.29, 1.82) is 0 Å². The SMILES string of the molecule is CNc1cc(-c2cccnc2Oc2ccc(Nc3nnc(-c4cc(C)cs4)c4ccccc34)cc2)ccn1. The highest BCUT2D eigenvalue weighted by Crippen LogP contribution is 2.35. The van der Waals surface area contributed by atoms with Crippen LogP contribution in [0.3, 0.4) is 0 Å². The van der Waals surface area contributed by atoms with E-state index in [0.29, 0.717) is 17.4 Å². The minimum absolute atomic E-state index is 0.526. The molecule has 0 spiro atoms. The average molecular weight is 517 g/mol. The molecule has 6 rings (SSSR count). The van der Waals surface area contributed by atoms with E-state index in [-0.39, 0.29) is 0 Å². The first-order valence-electron chi connectivity index (χ1n) is 12.1. The lowest BCUT2D eigenvalue weighted by Crippen LogP contribution is -1.99. The Morgan fingerprint density at radius 2 is 1.66 bits per heavy atom. The molecule has 8 heteroatoms. The van der Waals surface area contributed by atoms with Gasteiger partial charge in [0.15, 0.2) is 5.82 Å². The van der Waals surface area contributed by atoms with Crippen molar-refractivity contribution in [2.24, 2.45) is 0 Å². The fourth-order valence-electron chi connectivity index (χ4n) is 4.21. The summed E-state index contributed by atoms with van der Waals surface area (Å²) in [6.07, 6.45) is 3.49. The normalized spacial score (nSPS) is 10.9. The minimum Gasteiger partial charge on any atom is -0.438 e. The number of fused-ring (bicyclic) bond motifs is 1. The lowest BCUT2D eigenvalue weighted by Gasteiger charge is -2.12. The summed E-state index contributed by atoms with van der Waals surface area (Å²) in [5, 5.41) is 19.8. The lowest BCUT2D eigenvalue weighted by molar-refractivity contribution is 0.465. The van der Waals surface area contributed by atoms with Gasteiger partial charge in [-0.15, -0.1) is 21.5 Å². The summed E-state index contributed by atoms with van der Waals surface area (Å²) >= 11 is 1.68. The molecule has 0 aliphatic carbocycles. The van der Waals surface area contributed by atoms with Crippen LogP contribution in [0.1, 0.15) is 5.56 Å². The van der Waals surface area contributed by atoms with E-state index in [1.807, 2.05) is 67.7 Å². The van der Waals surface area contributed by atoms with Crippen LogP contribution in [0.4, 0.5) is 17.3 Å². The molecule has 7 nitrogen and oxygen atoms in total. The van der Waals surface area contributed by atoms with Crippen LogP contribution < -0.4 is 15.4 Å². The molecule has 0 unspecified atom stereocenters. The Hall–Kier alpha value is -4.82. The van der Waals surface area contributed by atoms with E-state index in [0.717, 1.165) is 44.0 Å². The maximum atomic E-state index is 6.17. The molecule has 2 aromatic carbocycles. The van der Waals surface area contributed by atoms with Gasteiger partial charge in [0.1, 0.15) is 17.3 Å². The molecule has 186 valence electrons. The number of aryl methyl sites for hydroxylation is 1. The second-order valence-corrected chi connectivity index (χ2v) is 9.63. The zero-order valence-corrected chi connectivity index (χ0v) is 21.7. The summed E-state index contributed by atoms with van der Waals surface area (Å²) in [4.78, 5) is 9.87. The third kappa shape index (κ3) is 4.77.